The van der Waals surface area contributed by atoms with Crippen molar-refractivity contribution < 1.29 is 0 Å². The lowest BCUT2D eigenvalue weighted by Gasteiger charge is -2.11. The number of aromatic amines is 1. The summed E-state index contributed by atoms with van der Waals surface area (Å²) < 4.78 is 0. The minimum atomic E-state index is -0.114. The fourth-order valence-electron chi connectivity index (χ4n) is 2.97. The first-order valence-corrected chi connectivity index (χ1v) is 10.8. The Morgan fingerprint density at radius 1 is 1.10 bits per heavy atom. The van der Waals surface area contributed by atoms with Crippen molar-refractivity contribution in [1.82, 2.24) is 19.9 Å². The van der Waals surface area contributed by atoms with Gasteiger partial charge < -0.3 is 10.2 Å². The van der Waals surface area contributed by atoms with Crippen molar-refractivity contribution in [2.45, 2.75) is 18.7 Å². The number of hydrogen-bond donors (Lipinski definition) is 2. The Labute approximate surface area is 175 Å². The molecule has 3 rings (SSSR count). The van der Waals surface area contributed by atoms with E-state index in [4.69, 9.17) is 0 Å². The first-order valence-electron chi connectivity index (χ1n) is 9.61. The second-order valence-electron chi connectivity index (χ2n) is 7.16. The lowest BCUT2D eigenvalue weighted by Crippen LogP contribution is -2.18. The van der Waals surface area contributed by atoms with Gasteiger partial charge in [-0.15, -0.1) is 0 Å². The molecule has 2 N–H and O–H groups in total. The molecule has 2 heterocycles. The van der Waals surface area contributed by atoms with E-state index in [1.807, 2.05) is 23.9 Å². The molecule has 0 saturated heterocycles. The number of pyridine rings is 1. The van der Waals surface area contributed by atoms with Crippen molar-refractivity contribution in [2.24, 2.45) is 0 Å². The molecular weight excluding hydrogens is 382 g/mol. The normalized spacial score (nSPS) is 11.0. The molecule has 29 heavy (non-hydrogen) atoms. The van der Waals surface area contributed by atoms with Crippen LogP contribution >= 0.6 is 11.8 Å². The number of nitrogens with zero attached hydrogens (tertiary/aromatic N) is 3. The van der Waals surface area contributed by atoms with E-state index < -0.39 is 0 Å². The lowest BCUT2D eigenvalue weighted by molar-refractivity contribution is 0.402. The highest BCUT2D eigenvalue weighted by atomic mass is 32.2. The topological polar surface area (TPSA) is 73.9 Å². The van der Waals surface area contributed by atoms with E-state index in [0.29, 0.717) is 17.9 Å². The van der Waals surface area contributed by atoms with Crippen LogP contribution in [0.4, 0.5) is 5.95 Å². The summed E-state index contributed by atoms with van der Waals surface area (Å²) in [7, 11) is 4.16. The molecule has 0 radical (unpaired) electrons. The second-order valence-corrected chi connectivity index (χ2v) is 8.27. The number of benzene rings is 1. The van der Waals surface area contributed by atoms with Crippen LogP contribution in [0, 0.1) is 0 Å². The van der Waals surface area contributed by atoms with Crippen LogP contribution in [0.15, 0.2) is 59.8 Å². The summed E-state index contributed by atoms with van der Waals surface area (Å²) >= 11 is 1.86. The molecule has 0 aliphatic carbocycles. The summed E-state index contributed by atoms with van der Waals surface area (Å²) in [6, 6.07) is 12.5. The highest BCUT2D eigenvalue weighted by Gasteiger charge is 2.04. The van der Waals surface area contributed by atoms with Crippen molar-refractivity contribution in [2.75, 3.05) is 31.7 Å². The maximum atomic E-state index is 12.3. The SMILES string of the molecule is CN(C)Cc1cccc(CSCCNc2ncc(Cc3cccnc3)c(=O)[nH]2)c1. The van der Waals surface area contributed by atoms with Gasteiger partial charge in [0, 0.05) is 55.2 Å². The molecule has 0 fully saturated rings. The minimum absolute atomic E-state index is 0.114. The van der Waals surface area contributed by atoms with E-state index in [9.17, 15) is 4.79 Å². The molecule has 3 aromatic rings. The van der Waals surface area contributed by atoms with E-state index in [1.54, 1.807) is 18.6 Å². The van der Waals surface area contributed by atoms with Crippen LogP contribution in [-0.2, 0) is 18.7 Å². The van der Waals surface area contributed by atoms with Gasteiger partial charge in [-0.3, -0.25) is 14.8 Å². The molecule has 0 aliphatic rings. The molecule has 0 saturated carbocycles. The largest absolute Gasteiger partial charge is 0.355 e. The number of nitrogens with one attached hydrogen (secondary N) is 2. The lowest BCUT2D eigenvalue weighted by atomic mass is 10.1. The number of rotatable bonds is 10. The number of H-pyrrole nitrogens is 1. The van der Waals surface area contributed by atoms with Gasteiger partial charge in [-0.25, -0.2) is 4.98 Å². The third kappa shape index (κ3) is 7.03. The Morgan fingerprint density at radius 2 is 1.93 bits per heavy atom. The zero-order chi connectivity index (χ0) is 20.5. The molecule has 0 amide bonds. The number of anilines is 1. The van der Waals surface area contributed by atoms with Crippen molar-refractivity contribution in [3.63, 3.8) is 0 Å². The predicted molar refractivity (Wildman–Crippen MR) is 120 cm³/mol. The molecule has 1 aromatic carbocycles. The van der Waals surface area contributed by atoms with Crippen LogP contribution in [-0.4, -0.2) is 46.2 Å². The molecule has 0 spiro atoms. The number of hydrogen-bond acceptors (Lipinski definition) is 6. The Bertz CT molecular complexity index is 959. The average molecular weight is 410 g/mol. The third-order valence-electron chi connectivity index (χ3n) is 4.29. The maximum Gasteiger partial charge on any atom is 0.255 e. The smallest absolute Gasteiger partial charge is 0.255 e. The van der Waals surface area contributed by atoms with Gasteiger partial charge in [0.05, 0.1) is 0 Å². The van der Waals surface area contributed by atoms with Crippen LogP contribution < -0.4 is 10.9 Å². The van der Waals surface area contributed by atoms with E-state index in [0.717, 1.165) is 30.2 Å². The summed E-state index contributed by atoms with van der Waals surface area (Å²) in [6.07, 6.45) is 5.65. The highest BCUT2D eigenvalue weighted by Crippen LogP contribution is 2.14. The summed E-state index contributed by atoms with van der Waals surface area (Å²) in [5.74, 6) is 2.41. The Morgan fingerprint density at radius 3 is 2.69 bits per heavy atom. The van der Waals surface area contributed by atoms with E-state index >= 15 is 0 Å². The van der Waals surface area contributed by atoms with E-state index in [-0.39, 0.29) is 5.56 Å². The average Bonchev–Trinajstić information content (AvgIpc) is 2.70. The summed E-state index contributed by atoms with van der Waals surface area (Å²) in [6.45, 7) is 1.70. The van der Waals surface area contributed by atoms with Gasteiger partial charge in [0.1, 0.15) is 0 Å². The van der Waals surface area contributed by atoms with Crippen LogP contribution in [0.5, 0.6) is 0 Å². The first kappa shape index (κ1) is 21.1. The quantitative estimate of drug-likeness (QED) is 0.501. The van der Waals surface area contributed by atoms with Gasteiger partial charge in [0.25, 0.3) is 5.56 Å². The molecule has 2 aromatic heterocycles. The van der Waals surface area contributed by atoms with Crippen LogP contribution in [0.3, 0.4) is 0 Å². The summed E-state index contributed by atoms with van der Waals surface area (Å²) in [4.78, 5) is 25.7. The number of thioether (sulfide) groups is 1. The summed E-state index contributed by atoms with van der Waals surface area (Å²) in [5.41, 5.74) is 4.18. The summed E-state index contributed by atoms with van der Waals surface area (Å²) in [5, 5.41) is 3.19. The monoisotopic (exact) mass is 409 g/mol. The first-order chi connectivity index (χ1) is 14.1. The van der Waals surface area contributed by atoms with Gasteiger partial charge >= 0.3 is 0 Å². The molecular formula is C22H27N5OS. The zero-order valence-corrected chi connectivity index (χ0v) is 17.7. The fraction of sp³-hybridized carbons (Fsp3) is 0.318. The predicted octanol–water partition coefficient (Wildman–Crippen LogP) is 3.16. The van der Waals surface area contributed by atoms with Gasteiger partial charge in [-0.1, -0.05) is 30.3 Å². The highest BCUT2D eigenvalue weighted by molar-refractivity contribution is 7.98. The van der Waals surface area contributed by atoms with Gasteiger partial charge in [0.2, 0.25) is 5.95 Å². The molecule has 0 bridgehead atoms. The maximum absolute atomic E-state index is 12.3. The van der Waals surface area contributed by atoms with Crippen LogP contribution in [0.25, 0.3) is 0 Å². The Hall–Kier alpha value is -2.64. The Kier molecular flexibility index (Phi) is 7.84. The molecule has 7 heteroatoms. The van der Waals surface area contributed by atoms with Crippen LogP contribution in [0.1, 0.15) is 22.3 Å². The van der Waals surface area contributed by atoms with Gasteiger partial charge in [-0.2, -0.15) is 11.8 Å². The minimum Gasteiger partial charge on any atom is -0.355 e. The van der Waals surface area contributed by atoms with Crippen molar-refractivity contribution in [3.05, 3.63) is 87.6 Å². The van der Waals surface area contributed by atoms with Crippen molar-refractivity contribution >= 4 is 17.7 Å². The molecule has 0 unspecified atom stereocenters. The van der Waals surface area contributed by atoms with Crippen LogP contribution in [0.2, 0.25) is 0 Å². The van der Waals surface area contributed by atoms with Crippen molar-refractivity contribution in [3.8, 4) is 0 Å². The van der Waals surface area contributed by atoms with Gasteiger partial charge in [-0.05, 0) is 36.9 Å². The number of aromatic nitrogens is 3. The molecule has 0 aliphatic heterocycles. The molecule has 152 valence electrons. The zero-order valence-electron chi connectivity index (χ0n) is 16.9. The van der Waals surface area contributed by atoms with E-state index in [1.165, 1.54) is 11.1 Å². The fourth-order valence-corrected chi connectivity index (χ4v) is 3.78. The third-order valence-corrected chi connectivity index (χ3v) is 5.32. The Balaban J connectivity index is 1.43. The van der Waals surface area contributed by atoms with Crippen molar-refractivity contribution in [1.29, 1.82) is 0 Å². The second kappa shape index (κ2) is 10.8. The van der Waals surface area contributed by atoms with E-state index in [2.05, 4.69) is 63.5 Å². The van der Waals surface area contributed by atoms with Gasteiger partial charge in [0.15, 0.2) is 0 Å². The molecule has 6 nitrogen and oxygen atoms in total. The molecule has 0 atom stereocenters. The standard InChI is InChI=1S/C22H27N5OS/c1-27(2)15-18-5-3-6-19(11-18)16-29-10-9-24-22-25-14-20(21(28)26-22)12-17-7-4-8-23-13-17/h3-8,11,13-14H,9-10,12,15-16H2,1-2H3,(H2,24,25,26,28).